The summed E-state index contributed by atoms with van der Waals surface area (Å²) in [4.78, 5) is 0. The Morgan fingerprint density at radius 3 is 1.67 bits per heavy atom. The molecule has 2 N–H and O–H groups in total. The van der Waals surface area contributed by atoms with Gasteiger partial charge in [-0.05, 0) is 0 Å². The van der Waals surface area contributed by atoms with Gasteiger partial charge in [0.2, 0.25) is 0 Å². The second-order valence-corrected chi connectivity index (χ2v) is 0.901. The van der Waals surface area contributed by atoms with E-state index in [0.717, 1.165) is 0 Å². The summed E-state index contributed by atoms with van der Waals surface area (Å²) in [6.45, 7) is 0. The van der Waals surface area contributed by atoms with E-state index in [4.69, 9.17) is 8.42 Å². The molecule has 4 nitrogen and oxygen atoms in total. The molecule has 0 fully saturated rings. The molecule has 6 heteroatoms. The zero-order valence-corrected chi connectivity index (χ0v) is 7.15. The molecule has 6 heavy (non-hydrogen) atoms. The zero-order valence-electron chi connectivity index (χ0n) is 3.21. The number of rotatable bonds is 1. The van der Waals surface area contributed by atoms with Crippen molar-refractivity contribution >= 4 is 11.0 Å². The molecule has 0 aromatic rings. The summed E-state index contributed by atoms with van der Waals surface area (Å²) >= 11 is 0. The predicted molar refractivity (Wildman–Crippen MR) is 14.0 cm³/mol. The summed E-state index contributed by atoms with van der Waals surface area (Å²) in [5.41, 5.74) is 0. The van der Waals surface area contributed by atoms with E-state index in [1.165, 1.54) is 0 Å². The van der Waals surface area contributed by atoms with Crippen molar-refractivity contribution in [2.45, 2.75) is 0 Å². The fourth-order valence-corrected chi connectivity index (χ4v) is 0. The third kappa shape index (κ3) is 9.10. The normalized spacial score (nSPS) is 7.67. The van der Waals surface area contributed by atoms with Crippen molar-refractivity contribution in [1.82, 2.24) is 0 Å². The zero-order chi connectivity index (χ0) is 4.28. The fraction of sp³-hybridized carbons (Fsp3) is 0. The molecule has 0 unspecified atom stereocenters. The van der Waals surface area contributed by atoms with Crippen LogP contribution in [0, 0.1) is 0 Å². The molecule has 0 amide bonds. The van der Waals surface area contributed by atoms with Gasteiger partial charge in [0, 0.05) is 0 Å². The van der Waals surface area contributed by atoms with Gasteiger partial charge < -0.3 is 12.7 Å². The molecule has 0 aromatic heterocycles. The summed E-state index contributed by atoms with van der Waals surface area (Å²) < 4.78 is 21.2. The molecule has 0 spiro atoms. The van der Waals surface area contributed by atoms with E-state index in [0.29, 0.717) is 0 Å². The van der Waals surface area contributed by atoms with Gasteiger partial charge in [0.15, 0.2) is 0 Å². The Labute approximate surface area is 79.6 Å². The van der Waals surface area contributed by atoms with Crippen LogP contribution >= 0.6 is 0 Å². The van der Waals surface area contributed by atoms with E-state index in [-0.39, 0.29) is 51.4 Å². The minimum Gasteiger partial charge on any atom is -0.395 e. The van der Waals surface area contributed by atoms with E-state index < -0.39 is 11.0 Å². The van der Waals surface area contributed by atoms with Crippen LogP contribution in [0.25, 0.3) is 0 Å². The van der Waals surface area contributed by atoms with Gasteiger partial charge in [0.25, 0.3) is 0 Å². The first-order valence-electron chi connectivity index (χ1n) is 0.736. The Morgan fingerprint density at radius 2 is 1.67 bits per heavy atom. The molecular weight excluding hydrogens is 133 g/mol. The van der Waals surface area contributed by atoms with Crippen molar-refractivity contribution in [2.75, 3.05) is 0 Å². The van der Waals surface area contributed by atoms with Crippen LogP contribution in [0.4, 0.5) is 0 Å². The van der Waals surface area contributed by atoms with Gasteiger partial charge >= 0.3 is 51.4 Å². The van der Waals surface area contributed by atoms with Gasteiger partial charge in [-0.25, -0.2) is 5.90 Å². The van der Waals surface area contributed by atoms with Crippen LogP contribution < -0.4 is 57.3 Å². The van der Waals surface area contributed by atoms with Gasteiger partial charge in [-0.1, -0.05) is 0 Å². The predicted octanol–water partition coefficient (Wildman–Crippen LogP) is -3.89. The van der Waals surface area contributed by atoms with E-state index in [2.05, 4.69) is 10.2 Å². The molecule has 0 aromatic carbocycles. The minimum atomic E-state index is -2.54. The van der Waals surface area contributed by atoms with Crippen molar-refractivity contribution in [2.24, 2.45) is 5.90 Å². The molecule has 0 aliphatic carbocycles. The number of hydrogen-bond donors (Lipinski definition) is 1. The Hall–Kier alpha value is 1.51. The van der Waals surface area contributed by atoms with Crippen molar-refractivity contribution in [3.05, 3.63) is 0 Å². The van der Waals surface area contributed by atoms with Gasteiger partial charge in [0.1, 0.15) is 0 Å². The average molecular weight is 135 g/mol. The molecule has 0 saturated heterocycles. The third-order valence-corrected chi connectivity index (χ3v) is 0.236. The van der Waals surface area contributed by atoms with E-state index in [1.807, 2.05) is 0 Å². The molecule has 0 atom stereocenters. The maximum atomic E-state index is 9.02. The maximum absolute atomic E-state index is 9.02. The maximum Gasteiger partial charge on any atom is 1.00 e. The van der Waals surface area contributed by atoms with Crippen molar-refractivity contribution in [3.63, 3.8) is 0 Å². The Balaban J connectivity index is 0. The standard InChI is InChI=1S/K.H2NO3S/c;1-4-5(2)3/h;1H2/q+1;-1. The summed E-state index contributed by atoms with van der Waals surface area (Å²) in [5.74, 6) is 4.06. The quantitative estimate of drug-likeness (QED) is 0.227. The van der Waals surface area contributed by atoms with E-state index in [1.54, 1.807) is 0 Å². The first-order chi connectivity index (χ1) is 2.27. The topological polar surface area (TPSA) is 69.4 Å². The second-order valence-electron chi connectivity index (χ2n) is 0.300. The first kappa shape index (κ1) is 10.5. The van der Waals surface area contributed by atoms with Gasteiger partial charge in [-0.2, -0.15) is 0 Å². The van der Waals surface area contributed by atoms with Crippen LogP contribution in [0.1, 0.15) is 0 Å². The molecular formula is H2KNO3S. The van der Waals surface area contributed by atoms with Crippen molar-refractivity contribution < 1.29 is 64.1 Å². The van der Waals surface area contributed by atoms with Crippen LogP contribution in [0.15, 0.2) is 0 Å². The fourth-order valence-electron chi connectivity index (χ4n) is 0. The number of nitrogens with two attached hydrogens (primary N) is 1. The number of hydrogen-bond acceptors (Lipinski definition) is 5. The summed E-state index contributed by atoms with van der Waals surface area (Å²) in [6, 6.07) is 0. The summed E-state index contributed by atoms with van der Waals surface area (Å²) in [6.07, 6.45) is 0. The molecule has 32 valence electrons. The van der Waals surface area contributed by atoms with Crippen LogP contribution in [-0.4, -0.2) is 0 Å². The van der Waals surface area contributed by atoms with Crippen molar-refractivity contribution in [1.29, 1.82) is 0 Å². The van der Waals surface area contributed by atoms with Crippen LogP contribution in [0.3, 0.4) is 0 Å². The molecule has 0 saturated carbocycles. The summed E-state index contributed by atoms with van der Waals surface area (Å²) in [5, 5.41) is 0. The van der Waals surface area contributed by atoms with Gasteiger partial charge in [0.05, 0.1) is 11.0 Å². The average Bonchev–Trinajstić information content (AvgIpc) is 1.38. The van der Waals surface area contributed by atoms with Gasteiger partial charge in [-0.15, -0.1) is 0 Å². The Bertz CT molecular complexity index is 68.9. The molecule has 0 rings (SSSR count). The largest absolute Gasteiger partial charge is 1.00 e. The first-order valence-corrected chi connectivity index (χ1v) is 1.74. The molecule has 0 bridgehead atoms. The molecule has 0 aliphatic heterocycles. The molecule has 0 aliphatic rings. The second kappa shape index (κ2) is 6.51. The van der Waals surface area contributed by atoms with E-state index in [9.17, 15) is 0 Å². The van der Waals surface area contributed by atoms with Gasteiger partial charge in [-0.3, -0.25) is 0 Å². The monoisotopic (exact) mass is 135 g/mol. The summed E-state index contributed by atoms with van der Waals surface area (Å²) in [7, 11) is -2.54. The molecule has 0 heterocycles. The van der Waals surface area contributed by atoms with E-state index >= 15 is 0 Å². The minimum absolute atomic E-state index is 0. The van der Waals surface area contributed by atoms with Crippen LogP contribution in [0.2, 0.25) is 0 Å². The Kier molecular flexibility index (Phi) is 11.4. The van der Waals surface area contributed by atoms with Crippen LogP contribution in [0.5, 0.6) is 0 Å². The Morgan fingerprint density at radius 1 is 1.50 bits per heavy atom. The van der Waals surface area contributed by atoms with Crippen LogP contribution in [-0.2, 0) is 23.7 Å². The third-order valence-electron chi connectivity index (χ3n) is 0.0786. The smallest absolute Gasteiger partial charge is 0.395 e. The molecule has 0 radical (unpaired) electrons. The SMILES string of the molecule is NO[S-](=O)=O.[K+]. The van der Waals surface area contributed by atoms with Crippen molar-refractivity contribution in [3.8, 4) is 0 Å².